The Morgan fingerprint density at radius 3 is 2.31 bits per heavy atom. The zero-order chi connectivity index (χ0) is 36.2. The summed E-state index contributed by atoms with van der Waals surface area (Å²) < 4.78 is 12.1. The van der Waals surface area contributed by atoms with Crippen LogP contribution in [0.15, 0.2) is 116 Å². The predicted octanol–water partition coefficient (Wildman–Crippen LogP) is 4.36. The molecular weight excluding hydrogens is 658 g/mol. The highest BCUT2D eigenvalue weighted by Crippen LogP contribution is 2.64. The largest absolute Gasteiger partial charge is 0.491 e. The molecule has 264 valence electrons. The first-order valence-corrected chi connectivity index (χ1v) is 17.3. The molecule has 0 saturated carbocycles. The number of benzene rings is 4. The number of carbonyl (C=O) groups is 3. The third kappa shape index (κ3) is 5.93. The fourth-order valence-corrected chi connectivity index (χ4v) is 8.08. The molecule has 4 aromatic carbocycles. The van der Waals surface area contributed by atoms with Crippen molar-refractivity contribution in [2.24, 2.45) is 5.92 Å². The van der Waals surface area contributed by atoms with Crippen LogP contribution >= 0.6 is 0 Å². The lowest BCUT2D eigenvalue weighted by molar-refractivity contribution is -0.178. The van der Waals surface area contributed by atoms with E-state index in [2.05, 4.69) is 29.1 Å². The van der Waals surface area contributed by atoms with E-state index < -0.39 is 53.3 Å². The van der Waals surface area contributed by atoms with Crippen molar-refractivity contribution in [1.29, 1.82) is 0 Å². The van der Waals surface area contributed by atoms with Gasteiger partial charge < -0.3 is 30.3 Å². The molecule has 10 nitrogen and oxygen atoms in total. The van der Waals surface area contributed by atoms with Gasteiger partial charge in [-0.15, -0.1) is 6.58 Å². The SMILES string of the molecule is C=CCNC(=O)C1C2C(=O)OC(c3ccccc3)C(c3ccccc3)N2C(c2ccc(OCCO)cc2)C12C(=O)Nc1ccc(C#CCCO)cc12. The van der Waals surface area contributed by atoms with Crippen LogP contribution in [0, 0.1) is 17.8 Å². The Labute approximate surface area is 302 Å². The summed E-state index contributed by atoms with van der Waals surface area (Å²) in [6.07, 6.45) is 1.03. The molecule has 6 unspecified atom stereocenters. The molecule has 2 amide bonds. The summed E-state index contributed by atoms with van der Waals surface area (Å²) in [6.45, 7) is 3.73. The van der Waals surface area contributed by atoms with E-state index in [0.717, 1.165) is 11.1 Å². The first-order valence-electron chi connectivity index (χ1n) is 17.3. The van der Waals surface area contributed by atoms with Gasteiger partial charge in [-0.1, -0.05) is 90.7 Å². The number of nitrogens with one attached hydrogen (secondary N) is 2. The molecule has 3 aliphatic rings. The maximum Gasteiger partial charge on any atom is 0.324 e. The summed E-state index contributed by atoms with van der Waals surface area (Å²) >= 11 is 0. The number of anilines is 1. The molecule has 1 spiro atoms. The van der Waals surface area contributed by atoms with Crippen LogP contribution in [0.4, 0.5) is 5.69 Å². The first-order chi connectivity index (χ1) is 25.4. The van der Waals surface area contributed by atoms with Gasteiger partial charge in [-0.2, -0.15) is 0 Å². The second-order valence-corrected chi connectivity index (χ2v) is 12.9. The van der Waals surface area contributed by atoms with Crippen molar-refractivity contribution in [2.75, 3.05) is 31.7 Å². The molecule has 2 fully saturated rings. The maximum atomic E-state index is 15.0. The van der Waals surface area contributed by atoms with Crippen molar-refractivity contribution in [3.8, 4) is 17.6 Å². The minimum Gasteiger partial charge on any atom is -0.491 e. The van der Waals surface area contributed by atoms with Crippen molar-refractivity contribution >= 4 is 23.5 Å². The maximum absolute atomic E-state index is 15.0. The number of carbonyl (C=O) groups excluding carboxylic acids is 3. The zero-order valence-corrected chi connectivity index (χ0v) is 28.4. The third-order valence-corrected chi connectivity index (χ3v) is 10.0. The summed E-state index contributed by atoms with van der Waals surface area (Å²) in [5.74, 6) is 3.76. The Kier molecular flexibility index (Phi) is 9.92. The van der Waals surface area contributed by atoms with Gasteiger partial charge in [0.25, 0.3) is 0 Å². The van der Waals surface area contributed by atoms with E-state index in [9.17, 15) is 19.8 Å². The average molecular weight is 698 g/mol. The normalized spacial score (nSPS) is 24.5. The molecule has 0 bridgehead atoms. The Hall–Kier alpha value is -5.73. The van der Waals surface area contributed by atoms with Crippen molar-refractivity contribution in [2.45, 2.75) is 36.1 Å². The van der Waals surface area contributed by atoms with Crippen LogP contribution in [0.25, 0.3) is 0 Å². The van der Waals surface area contributed by atoms with Crippen LogP contribution in [-0.4, -0.2) is 65.3 Å². The molecule has 2 saturated heterocycles. The Morgan fingerprint density at radius 1 is 0.923 bits per heavy atom. The Bertz CT molecular complexity index is 2030. The lowest BCUT2D eigenvalue weighted by Crippen LogP contribution is -2.54. The van der Waals surface area contributed by atoms with Gasteiger partial charge in [-0.05, 0) is 52.6 Å². The molecule has 52 heavy (non-hydrogen) atoms. The minimum atomic E-state index is -1.65. The van der Waals surface area contributed by atoms with E-state index in [4.69, 9.17) is 9.47 Å². The Balaban J connectivity index is 1.54. The van der Waals surface area contributed by atoms with Gasteiger partial charge in [0, 0.05) is 24.2 Å². The number of ether oxygens (including phenoxy) is 2. The molecule has 4 aromatic rings. The van der Waals surface area contributed by atoms with Gasteiger partial charge in [0.2, 0.25) is 11.8 Å². The van der Waals surface area contributed by atoms with Crippen LogP contribution in [0.5, 0.6) is 5.75 Å². The number of cyclic esters (lactones) is 1. The monoisotopic (exact) mass is 697 g/mol. The summed E-state index contributed by atoms with van der Waals surface area (Å²) in [5.41, 5.74) is 2.26. The van der Waals surface area contributed by atoms with E-state index >= 15 is 4.79 Å². The molecule has 0 aliphatic carbocycles. The van der Waals surface area contributed by atoms with Crippen molar-refractivity contribution in [3.05, 3.63) is 144 Å². The predicted molar refractivity (Wildman–Crippen MR) is 194 cm³/mol. The number of aliphatic hydroxyl groups excluding tert-OH is 2. The quantitative estimate of drug-likeness (QED) is 0.109. The van der Waals surface area contributed by atoms with Crippen LogP contribution in [0.1, 0.15) is 52.4 Å². The molecule has 6 atom stereocenters. The van der Waals surface area contributed by atoms with Gasteiger partial charge in [0.15, 0.2) is 0 Å². The van der Waals surface area contributed by atoms with Crippen LogP contribution < -0.4 is 15.4 Å². The number of amides is 2. The highest BCUT2D eigenvalue weighted by molar-refractivity contribution is 6.12. The molecular formula is C42H39N3O7. The molecule has 3 heterocycles. The molecule has 3 aliphatic heterocycles. The van der Waals surface area contributed by atoms with E-state index in [1.54, 1.807) is 30.3 Å². The van der Waals surface area contributed by atoms with E-state index in [0.29, 0.717) is 28.1 Å². The smallest absolute Gasteiger partial charge is 0.324 e. The number of nitrogens with zero attached hydrogens (tertiary/aromatic N) is 1. The lowest BCUT2D eigenvalue weighted by Gasteiger charge is -2.46. The fraction of sp³-hybridized carbons (Fsp3) is 0.262. The number of esters is 1. The summed E-state index contributed by atoms with van der Waals surface area (Å²) in [7, 11) is 0. The molecule has 0 aromatic heterocycles. The first kappa shape index (κ1) is 34.7. The van der Waals surface area contributed by atoms with E-state index in [1.807, 2.05) is 83.8 Å². The van der Waals surface area contributed by atoms with Crippen molar-refractivity contribution in [3.63, 3.8) is 0 Å². The minimum absolute atomic E-state index is 0.100. The topological polar surface area (TPSA) is 137 Å². The van der Waals surface area contributed by atoms with Crippen LogP contribution in [-0.2, 0) is 24.5 Å². The molecule has 10 heteroatoms. The number of fused-ring (bicyclic) bond motifs is 3. The summed E-state index contributed by atoms with van der Waals surface area (Å²) in [4.78, 5) is 46.4. The standard InChI is InChI=1S/C42H39N3O7/c1-2-22-43-39(48)34-36-40(49)52-37(29-14-7-4-8-15-29)35(28-12-5-3-6-13-28)45(36)38(30-17-19-31(20-18-30)51-25-24-47)42(34)32-26-27(11-9-10-23-46)16-21-33(32)44-41(42)50/h2-8,12-21,26,34-38,46-47H,1,10,22-25H2,(H,43,48)(H,44,50). The summed E-state index contributed by atoms with van der Waals surface area (Å²) in [6, 6.07) is 29.0. The molecule has 7 rings (SSSR count). The Morgan fingerprint density at radius 2 is 1.63 bits per heavy atom. The number of rotatable bonds is 10. The zero-order valence-electron chi connectivity index (χ0n) is 28.4. The highest BCUT2D eigenvalue weighted by Gasteiger charge is 2.74. The molecule has 4 N–H and O–H groups in total. The number of hydrogen-bond acceptors (Lipinski definition) is 8. The van der Waals surface area contributed by atoms with Gasteiger partial charge in [-0.25, -0.2) is 0 Å². The van der Waals surface area contributed by atoms with Crippen molar-refractivity contribution in [1.82, 2.24) is 10.2 Å². The highest BCUT2D eigenvalue weighted by atomic mass is 16.6. The average Bonchev–Trinajstić information content (AvgIpc) is 3.65. The van der Waals surface area contributed by atoms with Gasteiger partial charge in [-0.3, -0.25) is 19.3 Å². The van der Waals surface area contributed by atoms with Gasteiger partial charge in [0.05, 0.1) is 31.2 Å². The van der Waals surface area contributed by atoms with Crippen LogP contribution in [0.3, 0.4) is 0 Å². The number of aliphatic hydroxyl groups is 2. The van der Waals surface area contributed by atoms with Crippen molar-refractivity contribution < 1.29 is 34.1 Å². The van der Waals surface area contributed by atoms with Crippen LogP contribution in [0.2, 0.25) is 0 Å². The molecule has 0 radical (unpaired) electrons. The van der Waals surface area contributed by atoms with E-state index in [-0.39, 0.29) is 32.8 Å². The van der Waals surface area contributed by atoms with Gasteiger partial charge >= 0.3 is 5.97 Å². The van der Waals surface area contributed by atoms with E-state index in [1.165, 1.54) is 0 Å². The number of hydrogen-bond donors (Lipinski definition) is 4. The number of morpholine rings is 1. The summed E-state index contributed by atoms with van der Waals surface area (Å²) in [5, 5.41) is 24.7. The van der Waals surface area contributed by atoms with Gasteiger partial charge in [0.1, 0.15) is 29.9 Å². The second kappa shape index (κ2) is 14.9. The third-order valence-electron chi connectivity index (χ3n) is 10.0. The lowest BCUT2D eigenvalue weighted by atomic mass is 9.65. The second-order valence-electron chi connectivity index (χ2n) is 12.9. The fourth-order valence-electron chi connectivity index (χ4n) is 8.08.